The number of nitrogens with one attached hydrogen (secondary N) is 1. The lowest BCUT2D eigenvalue weighted by atomic mass is 10.1. The van der Waals surface area contributed by atoms with Crippen molar-refractivity contribution in [3.05, 3.63) is 18.2 Å². The van der Waals surface area contributed by atoms with Gasteiger partial charge in [0.05, 0.1) is 6.61 Å². The van der Waals surface area contributed by atoms with Crippen LogP contribution in [0.1, 0.15) is 46.5 Å². The molecular weight excluding hydrogens is 340 g/mol. The lowest BCUT2D eigenvalue weighted by Gasteiger charge is -2.27. The molecule has 0 bridgehead atoms. The molecule has 1 unspecified atom stereocenters. The number of rotatable bonds is 7. The van der Waals surface area contributed by atoms with Gasteiger partial charge in [0, 0.05) is 24.7 Å². The Balaban J connectivity index is 2.36. The van der Waals surface area contributed by atoms with Crippen molar-refractivity contribution in [2.45, 2.75) is 51.3 Å². The van der Waals surface area contributed by atoms with Crippen molar-refractivity contribution in [2.75, 3.05) is 25.0 Å². The number of carbonyl (C=O) groups is 1. The highest BCUT2D eigenvalue weighted by Gasteiger charge is 2.29. The summed E-state index contributed by atoms with van der Waals surface area (Å²) in [5, 5.41) is 2.80. The standard InChI is InChI=1S/C18H28N2O4S/c1-4-14(3)18(21)19-15-9-10-16(24-5-2)17(13-15)25(22,23)20-11-7-6-8-12-20/h9-10,13-14H,4-8,11-12H2,1-3H3,(H,19,21). The zero-order valence-electron chi connectivity index (χ0n) is 15.2. The molecule has 1 aromatic rings. The number of hydrogen-bond donors (Lipinski definition) is 1. The summed E-state index contributed by atoms with van der Waals surface area (Å²) in [5.41, 5.74) is 0.476. The minimum Gasteiger partial charge on any atom is -0.492 e. The first-order chi connectivity index (χ1) is 11.9. The van der Waals surface area contributed by atoms with Crippen molar-refractivity contribution in [2.24, 2.45) is 5.92 Å². The second kappa shape index (κ2) is 8.67. The third kappa shape index (κ3) is 4.73. The maximum Gasteiger partial charge on any atom is 0.246 e. The Bertz CT molecular complexity index is 697. The summed E-state index contributed by atoms with van der Waals surface area (Å²) < 4.78 is 33.1. The van der Waals surface area contributed by atoms with E-state index in [-0.39, 0.29) is 16.7 Å². The topological polar surface area (TPSA) is 75.7 Å². The van der Waals surface area contributed by atoms with E-state index in [1.807, 2.05) is 20.8 Å². The van der Waals surface area contributed by atoms with Gasteiger partial charge < -0.3 is 10.1 Å². The van der Waals surface area contributed by atoms with Gasteiger partial charge >= 0.3 is 0 Å². The van der Waals surface area contributed by atoms with E-state index in [0.29, 0.717) is 31.1 Å². The zero-order valence-corrected chi connectivity index (χ0v) is 16.1. The van der Waals surface area contributed by atoms with E-state index < -0.39 is 10.0 Å². The van der Waals surface area contributed by atoms with Crippen LogP contribution in [0.3, 0.4) is 0 Å². The monoisotopic (exact) mass is 368 g/mol. The second-order valence-electron chi connectivity index (χ2n) is 6.36. The maximum absolute atomic E-state index is 13.0. The lowest BCUT2D eigenvalue weighted by molar-refractivity contribution is -0.119. The molecule has 1 aliphatic rings. The van der Waals surface area contributed by atoms with Gasteiger partial charge in [0.1, 0.15) is 10.6 Å². The Morgan fingerprint density at radius 2 is 1.92 bits per heavy atom. The Hall–Kier alpha value is -1.60. The third-order valence-electron chi connectivity index (χ3n) is 4.50. The van der Waals surface area contributed by atoms with Gasteiger partial charge in [0.2, 0.25) is 15.9 Å². The molecule has 1 heterocycles. The summed E-state index contributed by atoms with van der Waals surface area (Å²) in [6.45, 7) is 7.02. The number of nitrogens with zero attached hydrogens (tertiary/aromatic N) is 1. The number of anilines is 1. The van der Waals surface area contributed by atoms with Crippen LogP contribution in [0.2, 0.25) is 0 Å². The summed E-state index contributed by atoms with van der Waals surface area (Å²) in [6, 6.07) is 4.81. The Morgan fingerprint density at radius 3 is 2.52 bits per heavy atom. The molecule has 0 spiro atoms. The molecule has 25 heavy (non-hydrogen) atoms. The fourth-order valence-corrected chi connectivity index (χ4v) is 4.43. The molecular formula is C18H28N2O4S. The van der Waals surface area contributed by atoms with Gasteiger partial charge in [-0.2, -0.15) is 4.31 Å². The normalized spacial score (nSPS) is 17.1. The number of amides is 1. The number of carbonyl (C=O) groups excluding carboxylic acids is 1. The van der Waals surface area contributed by atoms with Gasteiger partial charge in [0.25, 0.3) is 0 Å². The molecule has 7 heteroatoms. The number of hydrogen-bond acceptors (Lipinski definition) is 4. The fourth-order valence-electron chi connectivity index (χ4n) is 2.76. The number of piperidine rings is 1. The van der Waals surface area contributed by atoms with Gasteiger partial charge in [-0.1, -0.05) is 20.3 Å². The highest BCUT2D eigenvalue weighted by molar-refractivity contribution is 7.89. The summed E-state index contributed by atoms with van der Waals surface area (Å²) in [7, 11) is -3.64. The van der Waals surface area contributed by atoms with Crippen molar-refractivity contribution in [1.29, 1.82) is 0 Å². The molecule has 1 aliphatic heterocycles. The van der Waals surface area contributed by atoms with Crippen LogP contribution >= 0.6 is 0 Å². The van der Waals surface area contributed by atoms with Gasteiger partial charge in [0.15, 0.2) is 0 Å². The van der Waals surface area contributed by atoms with Crippen LogP contribution in [0.5, 0.6) is 5.75 Å². The van der Waals surface area contributed by atoms with E-state index in [1.54, 1.807) is 12.1 Å². The maximum atomic E-state index is 13.0. The molecule has 0 aliphatic carbocycles. The minimum absolute atomic E-state index is 0.118. The predicted octanol–water partition coefficient (Wildman–Crippen LogP) is 3.24. The first-order valence-electron chi connectivity index (χ1n) is 8.98. The van der Waals surface area contributed by atoms with Crippen molar-refractivity contribution in [3.63, 3.8) is 0 Å². The summed E-state index contributed by atoms with van der Waals surface area (Å²) >= 11 is 0. The minimum atomic E-state index is -3.64. The van der Waals surface area contributed by atoms with E-state index in [0.717, 1.165) is 25.7 Å². The van der Waals surface area contributed by atoms with Crippen LogP contribution in [0.4, 0.5) is 5.69 Å². The van der Waals surface area contributed by atoms with E-state index in [9.17, 15) is 13.2 Å². The Morgan fingerprint density at radius 1 is 1.24 bits per heavy atom. The molecule has 1 atom stereocenters. The van der Waals surface area contributed by atoms with Gasteiger partial charge in [-0.15, -0.1) is 0 Å². The number of benzene rings is 1. The van der Waals surface area contributed by atoms with E-state index >= 15 is 0 Å². The van der Waals surface area contributed by atoms with Gasteiger partial charge in [-0.05, 0) is 44.4 Å². The average molecular weight is 368 g/mol. The van der Waals surface area contributed by atoms with Crippen molar-refractivity contribution < 1.29 is 17.9 Å². The fraction of sp³-hybridized carbons (Fsp3) is 0.611. The van der Waals surface area contributed by atoms with Crippen molar-refractivity contribution >= 4 is 21.6 Å². The van der Waals surface area contributed by atoms with Crippen LogP contribution in [-0.2, 0) is 14.8 Å². The molecule has 1 amide bonds. The predicted molar refractivity (Wildman–Crippen MR) is 98.3 cm³/mol. The summed E-state index contributed by atoms with van der Waals surface area (Å²) in [6.07, 6.45) is 3.51. The molecule has 1 fully saturated rings. The lowest BCUT2D eigenvalue weighted by Crippen LogP contribution is -2.35. The zero-order chi connectivity index (χ0) is 18.4. The van der Waals surface area contributed by atoms with E-state index in [4.69, 9.17) is 4.74 Å². The highest BCUT2D eigenvalue weighted by atomic mass is 32.2. The molecule has 0 saturated carbocycles. The van der Waals surface area contributed by atoms with E-state index in [1.165, 1.54) is 10.4 Å². The third-order valence-corrected chi connectivity index (χ3v) is 6.42. The smallest absolute Gasteiger partial charge is 0.246 e. The molecule has 0 aromatic heterocycles. The molecule has 6 nitrogen and oxygen atoms in total. The van der Waals surface area contributed by atoms with Crippen LogP contribution in [0.15, 0.2) is 23.1 Å². The SMILES string of the molecule is CCOc1ccc(NC(=O)C(C)CC)cc1S(=O)(=O)N1CCCCC1. The van der Waals surface area contributed by atoms with Crippen LogP contribution in [0, 0.1) is 5.92 Å². The number of ether oxygens (including phenoxy) is 1. The van der Waals surface area contributed by atoms with Crippen molar-refractivity contribution in [1.82, 2.24) is 4.31 Å². The van der Waals surface area contributed by atoms with Gasteiger partial charge in [-0.25, -0.2) is 8.42 Å². The summed E-state index contributed by atoms with van der Waals surface area (Å²) in [5.74, 6) is 0.0799. The quantitative estimate of drug-likeness (QED) is 0.802. The first kappa shape index (κ1) is 19.7. The van der Waals surface area contributed by atoms with Crippen LogP contribution in [-0.4, -0.2) is 38.3 Å². The Labute approximate surface area is 150 Å². The number of sulfonamides is 1. The largest absolute Gasteiger partial charge is 0.492 e. The summed E-state index contributed by atoms with van der Waals surface area (Å²) in [4.78, 5) is 12.2. The molecule has 1 aromatic carbocycles. The molecule has 0 radical (unpaired) electrons. The average Bonchev–Trinajstić information content (AvgIpc) is 2.63. The second-order valence-corrected chi connectivity index (χ2v) is 8.26. The first-order valence-corrected chi connectivity index (χ1v) is 10.4. The van der Waals surface area contributed by atoms with Crippen LogP contribution < -0.4 is 10.1 Å². The van der Waals surface area contributed by atoms with Crippen LogP contribution in [0.25, 0.3) is 0 Å². The Kier molecular flexibility index (Phi) is 6.84. The molecule has 1 N–H and O–H groups in total. The van der Waals surface area contributed by atoms with Crippen molar-refractivity contribution in [3.8, 4) is 5.75 Å². The highest BCUT2D eigenvalue weighted by Crippen LogP contribution is 2.31. The van der Waals surface area contributed by atoms with E-state index in [2.05, 4.69) is 5.32 Å². The molecule has 1 saturated heterocycles. The van der Waals surface area contributed by atoms with Gasteiger partial charge in [-0.3, -0.25) is 4.79 Å². The molecule has 140 valence electrons. The molecule has 2 rings (SSSR count).